The molecule has 4 aromatic rings. The van der Waals surface area contributed by atoms with E-state index in [4.69, 9.17) is 11.6 Å². The molecular formula is C31H32ClF3N6. The third-order valence-corrected chi connectivity index (χ3v) is 8.70. The van der Waals surface area contributed by atoms with E-state index in [0.29, 0.717) is 36.0 Å². The van der Waals surface area contributed by atoms with Gasteiger partial charge in [0.15, 0.2) is 5.82 Å². The van der Waals surface area contributed by atoms with Crippen LogP contribution in [-0.4, -0.2) is 39.8 Å². The molecule has 41 heavy (non-hydrogen) atoms. The number of nitrogens with zero attached hydrogens (tertiary/aromatic N) is 4. The highest BCUT2D eigenvalue weighted by atomic mass is 35.5. The van der Waals surface area contributed by atoms with Gasteiger partial charge in [-0.05, 0) is 63.2 Å². The Hall–Kier alpha value is -3.43. The van der Waals surface area contributed by atoms with Crippen LogP contribution in [0.25, 0.3) is 11.4 Å². The van der Waals surface area contributed by atoms with Gasteiger partial charge in [-0.25, -0.2) is 5.10 Å². The maximum Gasteiger partial charge on any atom is 0.416 e. The minimum atomic E-state index is -4.45. The minimum absolute atomic E-state index is 0.0410. The van der Waals surface area contributed by atoms with E-state index in [0.717, 1.165) is 28.8 Å². The smallest absolute Gasteiger partial charge is 0.366 e. The number of benzene rings is 3. The van der Waals surface area contributed by atoms with Crippen LogP contribution in [0.4, 0.5) is 18.9 Å². The highest BCUT2D eigenvalue weighted by Crippen LogP contribution is 2.57. The number of rotatable bonds is 5. The van der Waals surface area contributed by atoms with E-state index in [1.54, 1.807) is 12.1 Å². The van der Waals surface area contributed by atoms with E-state index >= 15 is 0 Å². The Balaban J connectivity index is 1.45. The number of aromatic amines is 1. The maximum absolute atomic E-state index is 14.3. The van der Waals surface area contributed by atoms with Gasteiger partial charge in [-0.2, -0.15) is 13.2 Å². The number of aromatic nitrogens is 4. The first-order chi connectivity index (χ1) is 19.5. The molecule has 3 heterocycles. The van der Waals surface area contributed by atoms with Gasteiger partial charge < -0.3 is 10.2 Å². The molecule has 6 rings (SSSR count). The van der Waals surface area contributed by atoms with Gasteiger partial charge in [-0.3, -0.25) is 0 Å². The lowest BCUT2D eigenvalue weighted by atomic mass is 9.64. The Labute approximate surface area is 242 Å². The molecule has 10 heteroatoms. The molecule has 214 valence electrons. The highest BCUT2D eigenvalue weighted by Gasteiger charge is 2.58. The van der Waals surface area contributed by atoms with Crippen LogP contribution in [0.3, 0.4) is 0 Å². The first kappa shape index (κ1) is 27.7. The Morgan fingerprint density at radius 1 is 1.02 bits per heavy atom. The van der Waals surface area contributed by atoms with Crippen LogP contribution < -0.4 is 10.2 Å². The van der Waals surface area contributed by atoms with Crippen molar-refractivity contribution in [2.75, 3.05) is 18.0 Å². The highest BCUT2D eigenvalue weighted by molar-refractivity contribution is 6.30. The van der Waals surface area contributed by atoms with Gasteiger partial charge in [-0.1, -0.05) is 74.8 Å². The third kappa shape index (κ3) is 5.10. The summed E-state index contributed by atoms with van der Waals surface area (Å²) in [5.41, 5.74) is 3.08. The van der Waals surface area contributed by atoms with Gasteiger partial charge in [-0.15, -0.1) is 5.10 Å². The third-order valence-electron chi connectivity index (χ3n) is 8.47. The van der Waals surface area contributed by atoms with Crippen molar-refractivity contribution in [1.82, 2.24) is 25.9 Å². The molecule has 0 amide bonds. The number of H-pyrrole nitrogens is 1. The summed E-state index contributed by atoms with van der Waals surface area (Å²) in [5.74, 6) is 0.195. The number of alkyl halides is 3. The zero-order valence-corrected chi connectivity index (χ0v) is 23.9. The number of fused-ring (bicyclic) bond motifs is 2. The summed E-state index contributed by atoms with van der Waals surface area (Å²) in [7, 11) is 0. The maximum atomic E-state index is 14.3. The van der Waals surface area contributed by atoms with E-state index in [-0.39, 0.29) is 11.5 Å². The quantitative estimate of drug-likeness (QED) is 0.266. The topological polar surface area (TPSA) is 69.7 Å². The number of anilines is 1. The predicted molar refractivity (Wildman–Crippen MR) is 154 cm³/mol. The molecule has 1 fully saturated rings. The van der Waals surface area contributed by atoms with Crippen molar-refractivity contribution in [2.24, 2.45) is 5.41 Å². The standard InChI is InChI=1S/C31H32ClF3N6/c1-29(2,3)15-27-30(25(16-36-27)22-6-4-5-7-23(22)31(33,34)35)18-41(26-13-12-21(32)14-24(26)30)17-19-8-10-20(11-9-19)28-37-39-40-38-28/h4-14,25,27,36H,15-18H2,1-3H3,(H,37,38,39,40)/t25-,27+,30-/m1/s1. The van der Waals surface area contributed by atoms with Crippen LogP contribution in [0.1, 0.15) is 55.4 Å². The Morgan fingerprint density at radius 3 is 2.46 bits per heavy atom. The Kier molecular flexibility index (Phi) is 6.85. The SMILES string of the molecule is CC(C)(C)C[C@@H]1NC[C@H](c2ccccc2C(F)(F)F)[C@]12CN(Cc1ccc(-c3nnn[nH]3)cc1)c1ccc(Cl)cc12. The van der Waals surface area contributed by atoms with Crippen LogP contribution in [0.15, 0.2) is 66.7 Å². The van der Waals surface area contributed by atoms with Crippen LogP contribution in [0.2, 0.25) is 5.02 Å². The van der Waals surface area contributed by atoms with Gasteiger partial charge in [0.25, 0.3) is 0 Å². The van der Waals surface area contributed by atoms with E-state index in [9.17, 15) is 13.2 Å². The summed E-state index contributed by atoms with van der Waals surface area (Å²) >= 11 is 6.60. The second-order valence-electron chi connectivity index (χ2n) is 12.4. The molecule has 0 aliphatic carbocycles. The second kappa shape index (κ2) is 10.1. The fourth-order valence-electron chi connectivity index (χ4n) is 6.83. The number of nitrogens with one attached hydrogen (secondary N) is 2. The molecule has 1 spiro atoms. The monoisotopic (exact) mass is 580 g/mol. The number of tetrazole rings is 1. The fraction of sp³-hybridized carbons (Fsp3) is 0.387. The minimum Gasteiger partial charge on any atom is -0.366 e. The lowest BCUT2D eigenvalue weighted by Crippen LogP contribution is -2.48. The van der Waals surface area contributed by atoms with Crippen molar-refractivity contribution >= 4 is 17.3 Å². The summed E-state index contributed by atoms with van der Waals surface area (Å²) in [5, 5.41) is 18.3. The average molecular weight is 581 g/mol. The van der Waals surface area contributed by atoms with Gasteiger partial charge >= 0.3 is 6.18 Å². The molecule has 2 N–H and O–H groups in total. The van der Waals surface area contributed by atoms with Crippen LogP contribution in [0.5, 0.6) is 0 Å². The molecular weight excluding hydrogens is 549 g/mol. The molecule has 2 aliphatic rings. The molecule has 3 aromatic carbocycles. The van der Waals surface area contributed by atoms with Gasteiger partial charge in [0.05, 0.1) is 5.56 Å². The summed E-state index contributed by atoms with van der Waals surface area (Å²) in [6.07, 6.45) is -3.65. The first-order valence-corrected chi connectivity index (χ1v) is 14.1. The molecule has 0 unspecified atom stereocenters. The molecule has 2 aliphatic heterocycles. The van der Waals surface area contributed by atoms with Crippen molar-refractivity contribution in [3.05, 3.63) is 94.0 Å². The molecule has 1 saturated heterocycles. The predicted octanol–water partition coefficient (Wildman–Crippen LogP) is 6.99. The summed E-state index contributed by atoms with van der Waals surface area (Å²) in [4.78, 5) is 2.29. The lowest BCUT2D eigenvalue weighted by molar-refractivity contribution is -0.138. The van der Waals surface area contributed by atoms with Gasteiger partial charge in [0, 0.05) is 53.3 Å². The fourth-order valence-corrected chi connectivity index (χ4v) is 7.00. The summed E-state index contributed by atoms with van der Waals surface area (Å²) in [6.45, 7) is 8.15. The van der Waals surface area contributed by atoms with Gasteiger partial charge in [0.1, 0.15) is 0 Å². The zero-order chi connectivity index (χ0) is 29.0. The van der Waals surface area contributed by atoms with Gasteiger partial charge in [0.2, 0.25) is 0 Å². The second-order valence-corrected chi connectivity index (χ2v) is 12.8. The summed E-state index contributed by atoms with van der Waals surface area (Å²) in [6, 6.07) is 19.9. The van der Waals surface area contributed by atoms with E-state index < -0.39 is 23.1 Å². The largest absolute Gasteiger partial charge is 0.416 e. The van der Waals surface area contributed by atoms with Crippen molar-refractivity contribution in [3.63, 3.8) is 0 Å². The molecule has 1 aromatic heterocycles. The number of halogens is 4. The molecule has 3 atom stereocenters. The zero-order valence-electron chi connectivity index (χ0n) is 23.1. The van der Waals surface area contributed by atoms with Crippen molar-refractivity contribution < 1.29 is 13.2 Å². The first-order valence-electron chi connectivity index (χ1n) is 13.7. The van der Waals surface area contributed by atoms with E-state index in [2.05, 4.69) is 51.6 Å². The average Bonchev–Trinajstić information content (AvgIpc) is 3.63. The van der Waals surface area contributed by atoms with Crippen molar-refractivity contribution in [1.29, 1.82) is 0 Å². The van der Waals surface area contributed by atoms with E-state index in [1.807, 2.05) is 42.5 Å². The summed E-state index contributed by atoms with van der Waals surface area (Å²) < 4.78 is 43.0. The van der Waals surface area contributed by atoms with Crippen LogP contribution in [0, 0.1) is 5.41 Å². The molecule has 6 nitrogen and oxygen atoms in total. The molecule has 0 radical (unpaired) electrons. The van der Waals surface area contributed by atoms with Crippen LogP contribution in [-0.2, 0) is 18.1 Å². The van der Waals surface area contributed by atoms with Crippen molar-refractivity contribution in [2.45, 2.75) is 57.3 Å². The number of hydrogen-bond acceptors (Lipinski definition) is 5. The molecule has 0 saturated carbocycles. The van der Waals surface area contributed by atoms with Crippen LogP contribution >= 0.6 is 11.6 Å². The number of hydrogen-bond donors (Lipinski definition) is 2. The lowest BCUT2D eigenvalue weighted by Gasteiger charge is -2.40. The van der Waals surface area contributed by atoms with Crippen molar-refractivity contribution in [3.8, 4) is 11.4 Å². The Morgan fingerprint density at radius 2 is 1.78 bits per heavy atom. The normalized spacial score (nSPS) is 22.5. The Bertz CT molecular complexity index is 1530. The molecule has 0 bridgehead atoms. The van der Waals surface area contributed by atoms with E-state index in [1.165, 1.54) is 12.1 Å².